The minimum absolute atomic E-state index is 0.0398. The number of H-pyrrole nitrogens is 1. The van der Waals surface area contributed by atoms with Crippen molar-refractivity contribution in [2.45, 2.75) is 19.5 Å². The maximum absolute atomic E-state index is 11.9. The molecule has 0 aliphatic carbocycles. The lowest BCUT2D eigenvalue weighted by Crippen LogP contribution is -2.53. The maximum atomic E-state index is 11.9. The van der Waals surface area contributed by atoms with Crippen LogP contribution in [0.3, 0.4) is 0 Å². The number of aromatic amines is 1. The van der Waals surface area contributed by atoms with Crippen LogP contribution in [0.2, 0.25) is 0 Å². The average Bonchev–Trinajstić information content (AvgIpc) is 2.50. The van der Waals surface area contributed by atoms with Gasteiger partial charge in [0.1, 0.15) is 0 Å². The zero-order valence-corrected chi connectivity index (χ0v) is 14.3. The number of piperazine rings is 1. The fourth-order valence-electron chi connectivity index (χ4n) is 3.12. The molecule has 1 amide bonds. The second-order valence-corrected chi connectivity index (χ2v) is 6.81. The monoisotopic (exact) mass is 379 g/mol. The van der Waals surface area contributed by atoms with E-state index in [1.165, 1.54) is 4.90 Å². The van der Waals surface area contributed by atoms with Crippen LogP contribution in [0.5, 0.6) is 0 Å². The molecule has 1 aromatic heterocycles. The van der Waals surface area contributed by atoms with Gasteiger partial charge in [0.15, 0.2) is 0 Å². The van der Waals surface area contributed by atoms with E-state index >= 15 is 0 Å². The molecule has 0 bridgehead atoms. The molecular formula is C16H18BrN3O3. The van der Waals surface area contributed by atoms with E-state index in [9.17, 15) is 9.59 Å². The molecular weight excluding hydrogens is 362 g/mol. The second-order valence-electron chi connectivity index (χ2n) is 5.89. The van der Waals surface area contributed by atoms with Gasteiger partial charge in [-0.05, 0) is 36.1 Å². The molecule has 0 spiro atoms. The van der Waals surface area contributed by atoms with Gasteiger partial charge in [-0.2, -0.15) is 0 Å². The fourth-order valence-corrected chi connectivity index (χ4v) is 3.48. The van der Waals surface area contributed by atoms with Crippen LogP contribution in [-0.2, 0) is 6.54 Å². The van der Waals surface area contributed by atoms with Crippen molar-refractivity contribution in [2.75, 3.05) is 19.6 Å². The molecule has 2 N–H and O–H groups in total. The summed E-state index contributed by atoms with van der Waals surface area (Å²) in [6, 6.07) is 5.58. The summed E-state index contributed by atoms with van der Waals surface area (Å²) < 4.78 is 0.931. The van der Waals surface area contributed by atoms with Crippen molar-refractivity contribution in [2.24, 2.45) is 0 Å². The van der Waals surface area contributed by atoms with Crippen LogP contribution in [0.4, 0.5) is 4.79 Å². The molecule has 2 aromatic rings. The Bertz CT molecular complexity index is 805. The summed E-state index contributed by atoms with van der Waals surface area (Å²) in [6.07, 6.45) is 0.890. The number of nitrogens with zero attached hydrogens (tertiary/aromatic N) is 2. The van der Waals surface area contributed by atoms with E-state index in [1.807, 2.05) is 25.1 Å². The van der Waals surface area contributed by atoms with Crippen molar-refractivity contribution in [3.63, 3.8) is 0 Å². The quantitative estimate of drug-likeness (QED) is 0.840. The number of halogens is 1. The van der Waals surface area contributed by atoms with Crippen LogP contribution in [0.25, 0.3) is 10.8 Å². The summed E-state index contributed by atoms with van der Waals surface area (Å²) >= 11 is 3.45. The Labute approximate surface area is 141 Å². The highest BCUT2D eigenvalue weighted by molar-refractivity contribution is 9.10. The Morgan fingerprint density at radius 2 is 2.17 bits per heavy atom. The first kappa shape index (κ1) is 16.0. The zero-order chi connectivity index (χ0) is 16.6. The van der Waals surface area contributed by atoms with Crippen LogP contribution in [0.1, 0.15) is 12.5 Å². The van der Waals surface area contributed by atoms with Gasteiger partial charge in [0.05, 0.1) is 0 Å². The number of pyridine rings is 1. The van der Waals surface area contributed by atoms with Crippen LogP contribution in [-0.4, -0.2) is 51.7 Å². The first-order valence-electron chi connectivity index (χ1n) is 7.47. The van der Waals surface area contributed by atoms with Gasteiger partial charge in [-0.1, -0.05) is 15.9 Å². The minimum Gasteiger partial charge on any atom is -0.465 e. The van der Waals surface area contributed by atoms with E-state index in [0.29, 0.717) is 31.6 Å². The van der Waals surface area contributed by atoms with E-state index in [-0.39, 0.29) is 11.6 Å². The largest absolute Gasteiger partial charge is 0.465 e. The number of nitrogens with one attached hydrogen (secondary N) is 1. The van der Waals surface area contributed by atoms with Gasteiger partial charge >= 0.3 is 6.09 Å². The van der Waals surface area contributed by atoms with Gasteiger partial charge in [-0.25, -0.2) is 4.79 Å². The summed E-state index contributed by atoms with van der Waals surface area (Å²) in [4.78, 5) is 29.6. The highest BCUT2D eigenvalue weighted by atomic mass is 79.9. The van der Waals surface area contributed by atoms with E-state index in [0.717, 1.165) is 15.4 Å². The van der Waals surface area contributed by atoms with Crippen LogP contribution in [0, 0.1) is 0 Å². The molecule has 0 radical (unpaired) electrons. The summed E-state index contributed by atoms with van der Waals surface area (Å²) in [5, 5.41) is 10.7. The van der Waals surface area contributed by atoms with Crippen LogP contribution < -0.4 is 5.56 Å². The van der Waals surface area contributed by atoms with Crippen molar-refractivity contribution in [1.82, 2.24) is 14.8 Å². The Morgan fingerprint density at radius 3 is 2.87 bits per heavy atom. The number of aromatic nitrogens is 1. The highest BCUT2D eigenvalue weighted by Crippen LogP contribution is 2.22. The Balaban J connectivity index is 1.85. The standard InChI is InChI=1S/C16H18BrN3O3/c1-10-8-19(4-5-20(10)16(22)23)9-11-7-18-15(21)13-3-2-12(17)6-14(11)13/h2-3,6-7,10H,4-5,8-9H2,1H3,(H,18,21)(H,22,23)/t10-/m0/s1. The number of carbonyl (C=O) groups is 1. The summed E-state index contributed by atoms with van der Waals surface area (Å²) in [6.45, 7) is 4.47. The number of benzene rings is 1. The lowest BCUT2D eigenvalue weighted by Gasteiger charge is -2.38. The zero-order valence-electron chi connectivity index (χ0n) is 12.8. The molecule has 23 heavy (non-hydrogen) atoms. The molecule has 1 aliphatic rings. The maximum Gasteiger partial charge on any atom is 0.407 e. The van der Waals surface area contributed by atoms with Crippen molar-refractivity contribution in [1.29, 1.82) is 0 Å². The SMILES string of the molecule is C[C@H]1CN(Cc2c[nH]c(=O)c3ccc(Br)cc23)CCN1C(=O)O. The first-order valence-corrected chi connectivity index (χ1v) is 8.27. The van der Waals surface area contributed by atoms with E-state index in [1.54, 1.807) is 6.20 Å². The lowest BCUT2D eigenvalue weighted by atomic mass is 10.1. The molecule has 2 heterocycles. The molecule has 7 heteroatoms. The third kappa shape index (κ3) is 3.25. The number of amides is 1. The molecule has 1 atom stereocenters. The van der Waals surface area contributed by atoms with Crippen molar-refractivity contribution in [3.8, 4) is 0 Å². The molecule has 0 unspecified atom stereocenters. The van der Waals surface area contributed by atoms with Gasteiger partial charge < -0.3 is 15.0 Å². The van der Waals surface area contributed by atoms with E-state index in [2.05, 4.69) is 25.8 Å². The third-order valence-electron chi connectivity index (χ3n) is 4.30. The topological polar surface area (TPSA) is 76.6 Å². The van der Waals surface area contributed by atoms with Gasteiger partial charge in [0.2, 0.25) is 0 Å². The van der Waals surface area contributed by atoms with Crippen molar-refractivity contribution >= 4 is 32.8 Å². The molecule has 1 saturated heterocycles. The number of fused-ring (bicyclic) bond motifs is 1. The number of hydrogen-bond acceptors (Lipinski definition) is 3. The third-order valence-corrected chi connectivity index (χ3v) is 4.79. The van der Waals surface area contributed by atoms with Crippen LogP contribution >= 0.6 is 15.9 Å². The normalized spacial score (nSPS) is 19.2. The van der Waals surface area contributed by atoms with Gasteiger partial charge in [-0.3, -0.25) is 9.69 Å². The van der Waals surface area contributed by atoms with E-state index < -0.39 is 6.09 Å². The summed E-state index contributed by atoms with van der Waals surface area (Å²) in [5.41, 5.74) is 0.942. The Kier molecular flexibility index (Phi) is 4.41. The van der Waals surface area contributed by atoms with E-state index in [4.69, 9.17) is 5.11 Å². The predicted molar refractivity (Wildman–Crippen MR) is 91.7 cm³/mol. The van der Waals surface area contributed by atoms with Gasteiger partial charge in [0.25, 0.3) is 5.56 Å². The molecule has 6 nitrogen and oxygen atoms in total. The lowest BCUT2D eigenvalue weighted by molar-refractivity contribution is 0.0712. The van der Waals surface area contributed by atoms with Crippen molar-refractivity contribution in [3.05, 3.63) is 44.8 Å². The summed E-state index contributed by atoms with van der Waals surface area (Å²) in [7, 11) is 0. The van der Waals surface area contributed by atoms with Crippen LogP contribution in [0.15, 0.2) is 33.7 Å². The number of hydrogen-bond donors (Lipinski definition) is 2. The molecule has 3 rings (SSSR count). The fraction of sp³-hybridized carbons (Fsp3) is 0.375. The van der Waals surface area contributed by atoms with Gasteiger partial charge in [0, 0.05) is 48.3 Å². The number of rotatable bonds is 2. The molecule has 1 aliphatic heterocycles. The second kappa shape index (κ2) is 6.33. The molecule has 1 fully saturated rings. The average molecular weight is 380 g/mol. The predicted octanol–water partition coefficient (Wildman–Crippen LogP) is 2.47. The number of carboxylic acid groups (broad SMARTS) is 1. The molecule has 122 valence electrons. The Morgan fingerprint density at radius 1 is 1.39 bits per heavy atom. The smallest absolute Gasteiger partial charge is 0.407 e. The highest BCUT2D eigenvalue weighted by Gasteiger charge is 2.27. The molecule has 1 aromatic carbocycles. The van der Waals surface area contributed by atoms with Gasteiger partial charge in [-0.15, -0.1) is 0 Å². The Hall–Kier alpha value is -1.86. The minimum atomic E-state index is -0.865. The first-order chi connectivity index (χ1) is 11.0. The summed E-state index contributed by atoms with van der Waals surface area (Å²) in [5.74, 6) is 0. The van der Waals surface area contributed by atoms with Crippen molar-refractivity contribution < 1.29 is 9.90 Å². The molecule has 0 saturated carbocycles.